The third kappa shape index (κ3) is 4.62. The summed E-state index contributed by atoms with van der Waals surface area (Å²) in [5.74, 6) is 0. The monoisotopic (exact) mass is 367 g/mol. The molecule has 2 amide bonds. The Labute approximate surface area is 158 Å². The summed E-state index contributed by atoms with van der Waals surface area (Å²) in [6.07, 6.45) is 2.62. The zero-order valence-electron chi connectivity index (χ0n) is 16.0. The van der Waals surface area contributed by atoms with Gasteiger partial charge in [0.25, 0.3) is 0 Å². The quantitative estimate of drug-likeness (QED) is 0.626. The molecule has 27 heavy (non-hydrogen) atoms. The number of benzene rings is 1. The largest absolute Gasteiger partial charge is 0.377 e. The van der Waals surface area contributed by atoms with Crippen LogP contribution in [0, 0.1) is 6.92 Å². The number of fused-ring (bicyclic) bond motifs is 1. The standard InChI is InChI=1S/C20H25N5O2/c1-4-9-27-13-16-8-6-5-7-15(16)11-22-20(26)23-17-10-18-14(2)24-25(3)19(18)21-12-17/h5-8,10,12H,4,9,11,13H2,1-3H3,(H2,22,23,26). The van der Waals surface area contributed by atoms with Crippen molar-refractivity contribution < 1.29 is 9.53 Å². The third-order valence-corrected chi connectivity index (χ3v) is 4.28. The lowest BCUT2D eigenvalue weighted by atomic mass is 10.1. The molecule has 0 atom stereocenters. The van der Waals surface area contributed by atoms with E-state index in [1.54, 1.807) is 10.9 Å². The fourth-order valence-electron chi connectivity index (χ4n) is 2.92. The van der Waals surface area contributed by atoms with E-state index >= 15 is 0 Å². The fraction of sp³-hybridized carbons (Fsp3) is 0.350. The van der Waals surface area contributed by atoms with Gasteiger partial charge in [0, 0.05) is 25.6 Å². The van der Waals surface area contributed by atoms with Crippen molar-refractivity contribution >= 4 is 22.8 Å². The number of anilines is 1. The molecule has 7 heteroatoms. The van der Waals surface area contributed by atoms with Crippen molar-refractivity contribution in [2.45, 2.75) is 33.4 Å². The maximum atomic E-state index is 12.3. The Morgan fingerprint density at radius 1 is 1.26 bits per heavy atom. The highest BCUT2D eigenvalue weighted by molar-refractivity contribution is 5.92. The molecule has 0 spiro atoms. The first-order valence-corrected chi connectivity index (χ1v) is 9.07. The van der Waals surface area contributed by atoms with E-state index < -0.39 is 0 Å². The second-order valence-electron chi connectivity index (χ2n) is 6.43. The molecule has 0 aliphatic carbocycles. The Bertz CT molecular complexity index is 935. The van der Waals surface area contributed by atoms with Crippen LogP contribution in [-0.2, 0) is 24.9 Å². The summed E-state index contributed by atoms with van der Waals surface area (Å²) in [4.78, 5) is 16.7. The molecular weight excluding hydrogens is 342 g/mol. The van der Waals surface area contributed by atoms with Gasteiger partial charge in [0.05, 0.1) is 24.2 Å². The van der Waals surface area contributed by atoms with Crippen molar-refractivity contribution in [3.63, 3.8) is 0 Å². The molecule has 0 radical (unpaired) electrons. The average molecular weight is 367 g/mol. The minimum absolute atomic E-state index is 0.276. The van der Waals surface area contributed by atoms with E-state index in [9.17, 15) is 4.79 Å². The predicted octanol–water partition coefficient (Wildman–Crippen LogP) is 3.53. The summed E-state index contributed by atoms with van der Waals surface area (Å²) in [5.41, 5.74) is 4.43. The second-order valence-corrected chi connectivity index (χ2v) is 6.43. The number of aromatic nitrogens is 3. The molecule has 1 aromatic carbocycles. The van der Waals surface area contributed by atoms with Gasteiger partial charge in [-0.1, -0.05) is 31.2 Å². The Hall–Kier alpha value is -2.93. The van der Waals surface area contributed by atoms with Crippen LogP contribution >= 0.6 is 0 Å². The molecule has 142 valence electrons. The van der Waals surface area contributed by atoms with Crippen LogP contribution in [0.5, 0.6) is 0 Å². The van der Waals surface area contributed by atoms with Crippen molar-refractivity contribution in [1.82, 2.24) is 20.1 Å². The number of nitrogens with zero attached hydrogens (tertiary/aromatic N) is 3. The van der Waals surface area contributed by atoms with Gasteiger partial charge >= 0.3 is 6.03 Å². The minimum Gasteiger partial charge on any atom is -0.377 e. The number of hydrogen-bond acceptors (Lipinski definition) is 4. The summed E-state index contributed by atoms with van der Waals surface area (Å²) in [6.45, 7) is 5.71. The summed E-state index contributed by atoms with van der Waals surface area (Å²) in [5, 5.41) is 11.0. The number of carbonyl (C=O) groups excluding carboxylic acids is 1. The van der Waals surface area contributed by atoms with Crippen LogP contribution < -0.4 is 10.6 Å². The molecule has 2 aromatic heterocycles. The van der Waals surface area contributed by atoms with E-state index in [4.69, 9.17) is 4.74 Å². The van der Waals surface area contributed by atoms with Crippen LogP contribution in [0.3, 0.4) is 0 Å². The van der Waals surface area contributed by atoms with E-state index in [0.29, 0.717) is 18.8 Å². The van der Waals surface area contributed by atoms with E-state index in [0.717, 1.165) is 40.9 Å². The number of hydrogen-bond donors (Lipinski definition) is 2. The van der Waals surface area contributed by atoms with Crippen LogP contribution in [-0.4, -0.2) is 27.4 Å². The third-order valence-electron chi connectivity index (χ3n) is 4.28. The smallest absolute Gasteiger partial charge is 0.319 e. The Balaban J connectivity index is 1.61. The number of ether oxygens (including phenoxy) is 1. The van der Waals surface area contributed by atoms with Gasteiger partial charge in [0.1, 0.15) is 0 Å². The molecule has 0 unspecified atom stereocenters. The lowest BCUT2D eigenvalue weighted by Gasteiger charge is -2.12. The van der Waals surface area contributed by atoms with Crippen molar-refractivity contribution in [3.8, 4) is 0 Å². The van der Waals surface area contributed by atoms with Crippen molar-refractivity contribution in [2.24, 2.45) is 7.05 Å². The summed E-state index contributed by atoms with van der Waals surface area (Å²) < 4.78 is 7.35. The van der Waals surface area contributed by atoms with Crippen LogP contribution in [0.15, 0.2) is 36.5 Å². The average Bonchev–Trinajstić information content (AvgIpc) is 2.94. The molecule has 0 saturated heterocycles. The predicted molar refractivity (Wildman–Crippen MR) is 105 cm³/mol. The van der Waals surface area contributed by atoms with Gasteiger partial charge in [0.15, 0.2) is 5.65 Å². The summed E-state index contributed by atoms with van der Waals surface area (Å²) in [6, 6.07) is 9.57. The van der Waals surface area contributed by atoms with Gasteiger partial charge in [0.2, 0.25) is 0 Å². The lowest BCUT2D eigenvalue weighted by Crippen LogP contribution is -2.28. The topological polar surface area (TPSA) is 81.1 Å². The van der Waals surface area contributed by atoms with Gasteiger partial charge in [-0.2, -0.15) is 5.10 Å². The van der Waals surface area contributed by atoms with E-state index in [2.05, 4.69) is 27.6 Å². The van der Waals surface area contributed by atoms with Gasteiger partial charge in [-0.3, -0.25) is 4.68 Å². The van der Waals surface area contributed by atoms with E-state index in [1.165, 1.54) is 0 Å². The molecule has 2 heterocycles. The van der Waals surface area contributed by atoms with Crippen molar-refractivity contribution in [2.75, 3.05) is 11.9 Å². The molecule has 3 aromatic rings. The lowest BCUT2D eigenvalue weighted by molar-refractivity contribution is 0.121. The van der Waals surface area contributed by atoms with Crippen molar-refractivity contribution in [1.29, 1.82) is 0 Å². The SMILES string of the molecule is CCCOCc1ccccc1CNC(=O)Nc1cnc2c(c1)c(C)nn2C. The molecule has 0 aliphatic heterocycles. The van der Waals surface area contributed by atoms with Gasteiger partial charge in [-0.25, -0.2) is 9.78 Å². The van der Waals surface area contributed by atoms with Gasteiger partial charge in [-0.05, 0) is 30.5 Å². The molecule has 0 bridgehead atoms. The number of urea groups is 1. The summed E-state index contributed by atoms with van der Waals surface area (Å²) in [7, 11) is 1.85. The highest BCUT2D eigenvalue weighted by atomic mass is 16.5. The number of nitrogens with one attached hydrogen (secondary N) is 2. The Morgan fingerprint density at radius 3 is 2.81 bits per heavy atom. The highest BCUT2D eigenvalue weighted by Gasteiger charge is 2.09. The first-order chi connectivity index (χ1) is 13.1. The number of carbonyl (C=O) groups is 1. The number of amides is 2. The maximum Gasteiger partial charge on any atom is 0.319 e. The zero-order valence-corrected chi connectivity index (χ0v) is 16.0. The van der Waals surface area contributed by atoms with E-state index in [-0.39, 0.29) is 6.03 Å². The van der Waals surface area contributed by atoms with Gasteiger partial charge < -0.3 is 15.4 Å². The van der Waals surface area contributed by atoms with Crippen molar-refractivity contribution in [3.05, 3.63) is 53.3 Å². The first-order valence-electron chi connectivity index (χ1n) is 9.07. The van der Waals surface area contributed by atoms with E-state index in [1.807, 2.05) is 44.3 Å². The van der Waals surface area contributed by atoms with Crippen LogP contribution in [0.25, 0.3) is 11.0 Å². The highest BCUT2D eigenvalue weighted by Crippen LogP contribution is 2.19. The first kappa shape index (κ1) is 18.8. The maximum absolute atomic E-state index is 12.3. The van der Waals surface area contributed by atoms with Crippen LogP contribution in [0.2, 0.25) is 0 Å². The zero-order chi connectivity index (χ0) is 19.2. The molecule has 2 N–H and O–H groups in total. The van der Waals surface area contributed by atoms with Crippen LogP contribution in [0.1, 0.15) is 30.2 Å². The Kier molecular flexibility index (Phi) is 6.03. The molecule has 3 rings (SSSR count). The second kappa shape index (κ2) is 8.64. The van der Waals surface area contributed by atoms with Crippen LogP contribution in [0.4, 0.5) is 10.5 Å². The molecule has 0 saturated carbocycles. The fourth-order valence-corrected chi connectivity index (χ4v) is 2.92. The molecular formula is C20H25N5O2. The summed E-state index contributed by atoms with van der Waals surface area (Å²) >= 11 is 0. The Morgan fingerprint density at radius 2 is 2.04 bits per heavy atom. The molecule has 0 aliphatic rings. The molecule has 7 nitrogen and oxygen atoms in total. The normalized spacial score (nSPS) is 10.9. The number of pyridine rings is 1. The number of aryl methyl sites for hydroxylation is 2. The number of rotatable bonds is 7. The molecule has 0 fully saturated rings. The van der Waals surface area contributed by atoms with Gasteiger partial charge in [-0.15, -0.1) is 0 Å². The minimum atomic E-state index is -0.276.